The van der Waals surface area contributed by atoms with E-state index in [1.165, 1.54) is 23.7 Å². The maximum atomic E-state index is 12.2. The standard InChI is InChI=1S/C10H14N8O2S/c1-16-5-4(6(19)18(3)10(20)17(5)2)12-9(16)21-8-13-7(11)14-15-8/h4-5H,1-3H3,(H3,11,13,14,15)/t4-,5+/m1/s1. The first-order valence-corrected chi connectivity index (χ1v) is 6.92. The number of hydrogen-bond donors (Lipinski definition) is 2. The molecule has 0 unspecified atom stereocenters. The van der Waals surface area contributed by atoms with Crippen molar-refractivity contribution in [1.82, 2.24) is 29.9 Å². The van der Waals surface area contributed by atoms with Crippen LogP contribution in [0.15, 0.2) is 10.1 Å². The maximum absolute atomic E-state index is 12.2. The summed E-state index contributed by atoms with van der Waals surface area (Å²) < 4.78 is 0. The Kier molecular flexibility index (Phi) is 3.01. The summed E-state index contributed by atoms with van der Waals surface area (Å²) in [6.45, 7) is 0. The zero-order valence-electron chi connectivity index (χ0n) is 11.6. The minimum absolute atomic E-state index is 0.208. The summed E-state index contributed by atoms with van der Waals surface area (Å²) in [6.07, 6.45) is -0.431. The van der Waals surface area contributed by atoms with Crippen molar-refractivity contribution in [3.63, 3.8) is 0 Å². The third-order valence-corrected chi connectivity index (χ3v) is 4.41. The van der Waals surface area contributed by atoms with Gasteiger partial charge in [0.1, 0.15) is 6.17 Å². The lowest BCUT2D eigenvalue weighted by atomic mass is 10.1. The van der Waals surface area contributed by atoms with Crippen molar-refractivity contribution >= 4 is 34.8 Å². The predicted octanol–water partition coefficient (Wildman–Crippen LogP) is -1.00. The first-order chi connectivity index (χ1) is 9.90. The Bertz CT molecular complexity index is 643. The van der Waals surface area contributed by atoms with Crippen molar-refractivity contribution in [3.05, 3.63) is 0 Å². The Morgan fingerprint density at radius 3 is 2.57 bits per heavy atom. The van der Waals surface area contributed by atoms with E-state index >= 15 is 0 Å². The highest BCUT2D eigenvalue weighted by Crippen LogP contribution is 2.31. The second kappa shape index (κ2) is 4.62. The quantitative estimate of drug-likeness (QED) is 0.681. The number of nitrogens with one attached hydrogen (secondary N) is 1. The van der Waals surface area contributed by atoms with Gasteiger partial charge in [-0.3, -0.25) is 9.69 Å². The summed E-state index contributed by atoms with van der Waals surface area (Å²) in [5.41, 5.74) is 5.48. The number of carbonyl (C=O) groups is 2. The van der Waals surface area contributed by atoms with Gasteiger partial charge in [-0.2, -0.15) is 4.98 Å². The Morgan fingerprint density at radius 2 is 1.95 bits per heavy atom. The number of hydrogen-bond acceptors (Lipinski definition) is 8. The smallest absolute Gasteiger partial charge is 0.327 e. The molecule has 3 amide bonds. The maximum Gasteiger partial charge on any atom is 0.327 e. The van der Waals surface area contributed by atoms with Crippen LogP contribution in [0.1, 0.15) is 0 Å². The van der Waals surface area contributed by atoms with Gasteiger partial charge >= 0.3 is 6.03 Å². The van der Waals surface area contributed by atoms with Gasteiger partial charge in [-0.05, 0) is 11.8 Å². The normalized spacial score (nSPS) is 25.5. The summed E-state index contributed by atoms with van der Waals surface area (Å²) in [7, 11) is 4.87. The van der Waals surface area contributed by atoms with Crippen LogP contribution in [0.2, 0.25) is 0 Å². The minimum atomic E-state index is -0.638. The number of anilines is 1. The van der Waals surface area contributed by atoms with Crippen LogP contribution in [0.4, 0.5) is 10.7 Å². The van der Waals surface area contributed by atoms with Gasteiger partial charge in [0.05, 0.1) is 0 Å². The van der Waals surface area contributed by atoms with E-state index in [9.17, 15) is 9.59 Å². The number of amides is 3. The molecule has 1 saturated heterocycles. The van der Waals surface area contributed by atoms with Crippen molar-refractivity contribution in [2.24, 2.45) is 4.99 Å². The Morgan fingerprint density at radius 1 is 1.24 bits per heavy atom. The number of carbonyl (C=O) groups excluding carboxylic acids is 2. The predicted molar refractivity (Wildman–Crippen MR) is 75.4 cm³/mol. The van der Waals surface area contributed by atoms with Crippen LogP contribution < -0.4 is 5.73 Å². The first-order valence-electron chi connectivity index (χ1n) is 6.11. The second-order valence-electron chi connectivity index (χ2n) is 4.78. The molecule has 0 saturated carbocycles. The van der Waals surface area contributed by atoms with E-state index in [4.69, 9.17) is 5.73 Å². The number of fused-ring (bicyclic) bond motifs is 1. The van der Waals surface area contributed by atoms with E-state index in [-0.39, 0.29) is 17.9 Å². The SMILES string of the molecule is CN1C(=O)[C@@H]2N=C(Sc3n[nH]c(N)n3)N(C)[C@H]2N(C)C1=O. The molecule has 1 fully saturated rings. The summed E-state index contributed by atoms with van der Waals surface area (Å²) in [5, 5.41) is 7.42. The van der Waals surface area contributed by atoms with E-state index in [1.54, 1.807) is 19.0 Å². The molecule has 0 bridgehead atoms. The van der Waals surface area contributed by atoms with Crippen molar-refractivity contribution < 1.29 is 9.59 Å². The molecule has 2 atom stereocenters. The van der Waals surface area contributed by atoms with Gasteiger partial charge in [0, 0.05) is 21.1 Å². The average molecular weight is 310 g/mol. The van der Waals surface area contributed by atoms with Crippen LogP contribution in [-0.4, -0.2) is 80.3 Å². The number of aromatic amines is 1. The Labute approximate surface area is 124 Å². The van der Waals surface area contributed by atoms with E-state index in [0.29, 0.717) is 10.3 Å². The van der Waals surface area contributed by atoms with Crippen molar-refractivity contribution in [2.75, 3.05) is 26.9 Å². The van der Waals surface area contributed by atoms with Crippen molar-refractivity contribution in [3.8, 4) is 0 Å². The van der Waals surface area contributed by atoms with Crippen molar-refractivity contribution in [2.45, 2.75) is 17.4 Å². The largest absolute Gasteiger partial charge is 0.368 e. The fourth-order valence-corrected chi connectivity index (χ4v) is 3.20. The lowest BCUT2D eigenvalue weighted by molar-refractivity contribution is -0.133. The molecule has 2 aliphatic rings. The number of urea groups is 1. The van der Waals surface area contributed by atoms with E-state index in [2.05, 4.69) is 20.2 Å². The number of likely N-dealkylation sites (N-methyl/N-ethyl adjacent to an activating group) is 3. The van der Waals surface area contributed by atoms with Gasteiger partial charge in [0.15, 0.2) is 11.2 Å². The molecular weight excluding hydrogens is 296 g/mol. The summed E-state index contributed by atoms with van der Waals surface area (Å²) in [6, 6.07) is -0.988. The number of thioether (sulfide) groups is 1. The molecule has 21 heavy (non-hydrogen) atoms. The fourth-order valence-electron chi connectivity index (χ4n) is 2.38. The Hall–Kier alpha value is -2.30. The zero-order valence-corrected chi connectivity index (χ0v) is 12.5. The van der Waals surface area contributed by atoms with Crippen molar-refractivity contribution in [1.29, 1.82) is 0 Å². The van der Waals surface area contributed by atoms with Gasteiger partial charge in [-0.1, -0.05) is 0 Å². The van der Waals surface area contributed by atoms with Gasteiger partial charge in [0.25, 0.3) is 5.91 Å². The summed E-state index contributed by atoms with van der Waals surface area (Å²) >= 11 is 1.19. The highest BCUT2D eigenvalue weighted by molar-refractivity contribution is 8.13. The first kappa shape index (κ1) is 13.7. The lowest BCUT2D eigenvalue weighted by Crippen LogP contribution is -2.63. The van der Waals surface area contributed by atoms with Crippen LogP contribution in [0.3, 0.4) is 0 Å². The highest BCUT2D eigenvalue weighted by atomic mass is 32.2. The summed E-state index contributed by atoms with van der Waals surface area (Å²) in [5.74, 6) is -0.112. The fraction of sp³-hybridized carbons (Fsp3) is 0.500. The molecule has 3 N–H and O–H groups in total. The number of rotatable bonds is 1. The number of imide groups is 1. The van der Waals surface area contributed by atoms with Crippen LogP contribution in [-0.2, 0) is 4.79 Å². The molecule has 112 valence electrons. The third-order valence-electron chi connectivity index (χ3n) is 3.46. The van der Waals surface area contributed by atoms with Crippen LogP contribution in [0.5, 0.6) is 0 Å². The van der Waals surface area contributed by atoms with Crippen LogP contribution >= 0.6 is 11.8 Å². The Balaban J connectivity index is 1.88. The molecule has 3 rings (SSSR count). The van der Waals surface area contributed by atoms with Gasteiger partial charge in [-0.15, -0.1) is 5.10 Å². The van der Waals surface area contributed by atoms with E-state index in [1.807, 2.05) is 0 Å². The molecule has 0 aromatic carbocycles. The highest BCUT2D eigenvalue weighted by Gasteiger charge is 2.49. The zero-order chi connectivity index (χ0) is 15.3. The number of nitrogens with two attached hydrogens (primary N) is 1. The van der Waals surface area contributed by atoms with Crippen LogP contribution in [0.25, 0.3) is 0 Å². The van der Waals surface area contributed by atoms with E-state index < -0.39 is 12.2 Å². The molecule has 0 spiro atoms. The average Bonchev–Trinajstić information content (AvgIpc) is 2.99. The molecular formula is C10H14N8O2S. The van der Waals surface area contributed by atoms with Gasteiger partial charge < -0.3 is 15.5 Å². The number of nitrogen functional groups attached to an aromatic ring is 1. The number of aromatic nitrogens is 3. The number of aliphatic imine (C=N–C) groups is 1. The molecule has 11 heteroatoms. The van der Waals surface area contributed by atoms with E-state index in [0.717, 1.165) is 4.90 Å². The number of nitrogens with zero attached hydrogens (tertiary/aromatic N) is 6. The minimum Gasteiger partial charge on any atom is -0.368 e. The number of H-pyrrole nitrogens is 1. The molecule has 3 heterocycles. The molecule has 0 radical (unpaired) electrons. The van der Waals surface area contributed by atoms with Gasteiger partial charge in [-0.25, -0.2) is 14.9 Å². The summed E-state index contributed by atoms with van der Waals surface area (Å²) in [4.78, 5) is 36.9. The number of amidine groups is 1. The monoisotopic (exact) mass is 310 g/mol. The topological polar surface area (TPSA) is 124 Å². The molecule has 2 aliphatic heterocycles. The van der Waals surface area contributed by atoms with Gasteiger partial charge in [0.2, 0.25) is 11.1 Å². The molecule has 10 nitrogen and oxygen atoms in total. The van der Waals surface area contributed by atoms with Crippen LogP contribution in [0, 0.1) is 0 Å². The second-order valence-corrected chi connectivity index (χ2v) is 5.71. The lowest BCUT2D eigenvalue weighted by Gasteiger charge is -2.40. The molecule has 1 aromatic rings. The molecule has 0 aliphatic carbocycles. The third kappa shape index (κ3) is 2.00. The molecule has 1 aromatic heterocycles.